The van der Waals surface area contributed by atoms with Crippen molar-refractivity contribution in [2.45, 2.75) is 25.8 Å². The van der Waals surface area contributed by atoms with E-state index in [-0.39, 0.29) is 5.69 Å². The van der Waals surface area contributed by atoms with Crippen LogP contribution >= 0.6 is 23.2 Å². The fourth-order valence-electron chi connectivity index (χ4n) is 2.43. The zero-order chi connectivity index (χ0) is 17.1. The van der Waals surface area contributed by atoms with Crippen LogP contribution in [0.1, 0.15) is 52.3 Å². The number of aromatic nitrogens is 2. The number of imidazole rings is 1. The lowest BCUT2D eigenvalue weighted by atomic mass is 10.0. The van der Waals surface area contributed by atoms with Gasteiger partial charge in [-0.25, -0.2) is 14.6 Å². The average molecular weight is 357 g/mol. The number of hydrogen-bond donors (Lipinski definition) is 2. The topological polar surface area (TPSA) is 92.4 Å². The Morgan fingerprint density at radius 1 is 1.22 bits per heavy atom. The van der Waals surface area contributed by atoms with E-state index in [1.165, 1.54) is 10.9 Å². The highest BCUT2D eigenvalue weighted by Gasteiger charge is 2.27. The van der Waals surface area contributed by atoms with Crippen LogP contribution in [-0.2, 0) is 0 Å². The van der Waals surface area contributed by atoms with Crippen molar-refractivity contribution in [1.29, 1.82) is 0 Å². The van der Waals surface area contributed by atoms with E-state index in [2.05, 4.69) is 4.98 Å². The first-order valence-electron chi connectivity index (χ1n) is 6.85. The molecule has 0 aliphatic heterocycles. The number of aromatic carboxylic acids is 2. The molecule has 8 heteroatoms. The summed E-state index contributed by atoms with van der Waals surface area (Å²) in [5.41, 5.74) is -0.112. The molecule has 1 atom stereocenters. The Hall–Kier alpha value is -2.05. The monoisotopic (exact) mass is 356 g/mol. The first kappa shape index (κ1) is 17.3. The summed E-state index contributed by atoms with van der Waals surface area (Å²) in [5.74, 6) is -2.73. The maximum Gasteiger partial charge on any atom is 0.357 e. The van der Waals surface area contributed by atoms with Gasteiger partial charge < -0.3 is 14.8 Å². The summed E-state index contributed by atoms with van der Waals surface area (Å²) >= 11 is 11.9. The van der Waals surface area contributed by atoms with E-state index in [9.17, 15) is 14.7 Å². The van der Waals surface area contributed by atoms with Gasteiger partial charge in [-0.15, -0.1) is 0 Å². The number of hydrogen-bond acceptors (Lipinski definition) is 3. The molecule has 1 unspecified atom stereocenters. The molecule has 0 spiro atoms. The van der Waals surface area contributed by atoms with Gasteiger partial charge >= 0.3 is 11.9 Å². The lowest BCUT2D eigenvalue weighted by Gasteiger charge is -2.20. The standard InChI is InChI=1S/C15H14Cl2N2O4/c1-2-3-11(8-4-5-9(16)10(17)6-8)19-7-18-12(14(20)21)13(19)15(22)23/h4-7,11H,2-3H2,1H3,(H,20,21)(H,22,23). The molecule has 0 aliphatic rings. The minimum absolute atomic E-state index is 0.348. The van der Waals surface area contributed by atoms with Gasteiger partial charge in [0.1, 0.15) is 0 Å². The Morgan fingerprint density at radius 3 is 2.43 bits per heavy atom. The number of rotatable bonds is 6. The lowest BCUT2D eigenvalue weighted by molar-refractivity contribution is 0.0639. The van der Waals surface area contributed by atoms with Crippen LogP contribution in [0.25, 0.3) is 0 Å². The Labute approximate surface area is 142 Å². The van der Waals surface area contributed by atoms with E-state index in [4.69, 9.17) is 28.3 Å². The predicted octanol–water partition coefficient (Wildman–Crippen LogP) is 3.98. The van der Waals surface area contributed by atoms with Crippen molar-refractivity contribution in [3.8, 4) is 0 Å². The van der Waals surface area contributed by atoms with Crippen molar-refractivity contribution in [1.82, 2.24) is 9.55 Å². The second-order valence-electron chi connectivity index (χ2n) is 4.94. The Bertz CT molecular complexity index is 758. The van der Waals surface area contributed by atoms with Crippen molar-refractivity contribution in [3.63, 3.8) is 0 Å². The van der Waals surface area contributed by atoms with Crippen LogP contribution in [0.3, 0.4) is 0 Å². The van der Waals surface area contributed by atoms with Gasteiger partial charge in [0, 0.05) is 0 Å². The van der Waals surface area contributed by atoms with Crippen LogP contribution < -0.4 is 0 Å². The Kier molecular flexibility index (Phi) is 5.28. The number of carbonyl (C=O) groups is 2. The van der Waals surface area contributed by atoms with Crippen molar-refractivity contribution in [3.05, 3.63) is 51.5 Å². The van der Waals surface area contributed by atoms with Gasteiger partial charge in [-0.2, -0.15) is 0 Å². The fourth-order valence-corrected chi connectivity index (χ4v) is 2.73. The molecule has 0 saturated heterocycles. The number of halogens is 2. The SMILES string of the molecule is CCCC(c1ccc(Cl)c(Cl)c1)n1cnc(C(=O)O)c1C(=O)O. The minimum atomic E-state index is -1.38. The minimum Gasteiger partial charge on any atom is -0.476 e. The maximum atomic E-state index is 11.5. The van der Waals surface area contributed by atoms with Gasteiger partial charge in [-0.1, -0.05) is 42.6 Å². The molecule has 1 aromatic heterocycles. The summed E-state index contributed by atoms with van der Waals surface area (Å²) < 4.78 is 1.36. The van der Waals surface area contributed by atoms with Gasteiger partial charge in [0.2, 0.25) is 0 Å². The molecule has 2 N–H and O–H groups in total. The average Bonchev–Trinajstić information content (AvgIpc) is 2.92. The second kappa shape index (κ2) is 7.02. The van der Waals surface area contributed by atoms with E-state index >= 15 is 0 Å². The first-order chi connectivity index (χ1) is 10.9. The van der Waals surface area contributed by atoms with Crippen molar-refractivity contribution in [2.24, 2.45) is 0 Å². The highest BCUT2D eigenvalue weighted by molar-refractivity contribution is 6.42. The summed E-state index contributed by atoms with van der Waals surface area (Å²) in [5, 5.41) is 19.2. The van der Waals surface area contributed by atoms with Gasteiger partial charge in [-0.05, 0) is 24.1 Å². The van der Waals surface area contributed by atoms with E-state index < -0.39 is 23.7 Å². The second-order valence-corrected chi connectivity index (χ2v) is 5.75. The maximum absolute atomic E-state index is 11.5. The third kappa shape index (κ3) is 3.48. The fraction of sp³-hybridized carbons (Fsp3) is 0.267. The molecule has 122 valence electrons. The van der Waals surface area contributed by atoms with Crippen LogP contribution in [0.15, 0.2) is 24.5 Å². The summed E-state index contributed by atoms with van der Waals surface area (Å²) in [6.45, 7) is 1.94. The van der Waals surface area contributed by atoms with Crippen molar-refractivity contribution < 1.29 is 19.8 Å². The van der Waals surface area contributed by atoms with Crippen LogP contribution in [0.4, 0.5) is 0 Å². The smallest absolute Gasteiger partial charge is 0.357 e. The Balaban J connectivity index is 2.60. The normalized spacial score (nSPS) is 12.1. The van der Waals surface area contributed by atoms with Crippen molar-refractivity contribution >= 4 is 35.1 Å². The molecule has 23 heavy (non-hydrogen) atoms. The first-order valence-corrected chi connectivity index (χ1v) is 7.60. The molecule has 6 nitrogen and oxygen atoms in total. The van der Waals surface area contributed by atoms with Gasteiger partial charge in [-0.3, -0.25) is 0 Å². The summed E-state index contributed by atoms with van der Waals surface area (Å²) in [7, 11) is 0. The zero-order valence-corrected chi connectivity index (χ0v) is 13.7. The highest BCUT2D eigenvalue weighted by atomic mass is 35.5. The quantitative estimate of drug-likeness (QED) is 0.816. The molecule has 0 aliphatic carbocycles. The molecule has 0 bridgehead atoms. The number of nitrogens with zero attached hydrogens (tertiary/aromatic N) is 2. The number of carboxylic acid groups (broad SMARTS) is 2. The molecule has 2 rings (SSSR count). The molecule has 0 radical (unpaired) electrons. The Morgan fingerprint density at radius 2 is 1.91 bits per heavy atom. The van der Waals surface area contributed by atoms with Crippen LogP contribution in [0, 0.1) is 0 Å². The molecule has 2 aromatic rings. The summed E-state index contributed by atoms with van der Waals surface area (Å²) in [6, 6.07) is 4.61. The van der Waals surface area contributed by atoms with Crippen LogP contribution in [-0.4, -0.2) is 31.7 Å². The van der Waals surface area contributed by atoms with E-state index in [1.807, 2.05) is 6.92 Å². The third-order valence-corrected chi connectivity index (χ3v) is 4.16. The van der Waals surface area contributed by atoms with Gasteiger partial charge in [0.15, 0.2) is 11.4 Å². The van der Waals surface area contributed by atoms with Crippen LogP contribution in [0.2, 0.25) is 10.0 Å². The third-order valence-electron chi connectivity index (χ3n) is 3.43. The van der Waals surface area contributed by atoms with Gasteiger partial charge in [0.25, 0.3) is 0 Å². The lowest BCUT2D eigenvalue weighted by Crippen LogP contribution is -2.18. The molecule has 1 heterocycles. The largest absolute Gasteiger partial charge is 0.476 e. The molecule has 1 aromatic carbocycles. The molecular weight excluding hydrogens is 343 g/mol. The molecular formula is C15H14Cl2N2O4. The highest BCUT2D eigenvalue weighted by Crippen LogP contribution is 2.31. The molecule has 0 saturated carbocycles. The molecule has 0 amide bonds. The van der Waals surface area contributed by atoms with E-state index in [1.54, 1.807) is 18.2 Å². The van der Waals surface area contributed by atoms with E-state index in [0.29, 0.717) is 16.5 Å². The summed E-state index contributed by atoms with van der Waals surface area (Å²) in [6.07, 6.45) is 2.58. The zero-order valence-electron chi connectivity index (χ0n) is 12.2. The number of benzene rings is 1. The van der Waals surface area contributed by atoms with Crippen LogP contribution in [0.5, 0.6) is 0 Å². The van der Waals surface area contributed by atoms with E-state index in [0.717, 1.165) is 12.0 Å². The van der Waals surface area contributed by atoms with Gasteiger partial charge in [0.05, 0.1) is 22.4 Å². The molecule has 0 fully saturated rings. The number of carboxylic acids is 2. The predicted molar refractivity (Wildman–Crippen MR) is 85.7 cm³/mol. The van der Waals surface area contributed by atoms with Crippen molar-refractivity contribution in [2.75, 3.05) is 0 Å². The summed E-state index contributed by atoms with van der Waals surface area (Å²) in [4.78, 5) is 26.4.